The summed E-state index contributed by atoms with van der Waals surface area (Å²) in [5.41, 5.74) is 0.977. The van der Waals surface area contributed by atoms with Crippen molar-refractivity contribution < 1.29 is 14.5 Å². The number of rotatable bonds is 7. The van der Waals surface area contributed by atoms with Crippen LogP contribution in [0.4, 0.5) is 5.69 Å². The van der Waals surface area contributed by atoms with E-state index in [0.29, 0.717) is 5.92 Å². The van der Waals surface area contributed by atoms with Crippen LogP contribution in [0, 0.1) is 10.1 Å². The number of non-ortho nitro benzene ring substituents is 1. The smallest absolute Gasteiger partial charge is 0.270 e. The average Bonchev–Trinajstić information content (AvgIpc) is 2.58. The second kappa shape index (κ2) is 8.48. The number of nitro groups is 1. The van der Waals surface area contributed by atoms with Crippen LogP contribution in [0.2, 0.25) is 5.02 Å². The Kier molecular flexibility index (Phi) is 6.36. The van der Waals surface area contributed by atoms with E-state index in [4.69, 9.17) is 16.3 Å². The van der Waals surface area contributed by atoms with Crippen LogP contribution in [0.5, 0.6) is 5.75 Å². The first-order valence-electron chi connectivity index (χ1n) is 7.84. The van der Waals surface area contributed by atoms with Crippen molar-refractivity contribution in [1.82, 2.24) is 5.32 Å². The number of para-hydroxylation sites is 1. The molecule has 0 bridgehead atoms. The lowest BCUT2D eigenvalue weighted by atomic mass is 10.0. The van der Waals surface area contributed by atoms with Gasteiger partial charge in [0.15, 0.2) is 0 Å². The number of amides is 1. The van der Waals surface area contributed by atoms with E-state index in [1.165, 1.54) is 12.1 Å². The first kappa shape index (κ1) is 18.7. The Balaban J connectivity index is 1.93. The molecular weight excluding hydrogens is 344 g/mol. The molecule has 2 aromatic rings. The zero-order chi connectivity index (χ0) is 18.4. The Morgan fingerprint density at radius 2 is 2.00 bits per heavy atom. The number of hydrogen-bond acceptors (Lipinski definition) is 4. The number of nitro benzene ring substituents is 1. The molecule has 132 valence electrons. The molecule has 1 amide bonds. The van der Waals surface area contributed by atoms with Gasteiger partial charge in [-0.15, -0.1) is 0 Å². The average molecular weight is 363 g/mol. The summed E-state index contributed by atoms with van der Waals surface area (Å²) in [5.74, 6) is 0.629. The highest BCUT2D eigenvalue weighted by molar-refractivity contribution is 6.33. The van der Waals surface area contributed by atoms with E-state index in [0.717, 1.165) is 17.4 Å². The van der Waals surface area contributed by atoms with Gasteiger partial charge in [0.05, 0.1) is 22.1 Å². The van der Waals surface area contributed by atoms with Crippen molar-refractivity contribution in [1.29, 1.82) is 0 Å². The highest BCUT2D eigenvalue weighted by Gasteiger charge is 2.15. The summed E-state index contributed by atoms with van der Waals surface area (Å²) in [5, 5.41) is 13.6. The molecule has 0 saturated carbocycles. The minimum absolute atomic E-state index is 0.0680. The van der Waals surface area contributed by atoms with Gasteiger partial charge in [0.2, 0.25) is 0 Å². The van der Waals surface area contributed by atoms with Crippen LogP contribution in [0.15, 0.2) is 42.5 Å². The van der Waals surface area contributed by atoms with Gasteiger partial charge in [-0.2, -0.15) is 0 Å². The molecule has 6 nitrogen and oxygen atoms in total. The molecule has 0 spiro atoms. The van der Waals surface area contributed by atoms with Crippen LogP contribution in [-0.2, 0) is 0 Å². The van der Waals surface area contributed by atoms with E-state index in [-0.39, 0.29) is 29.4 Å². The number of benzene rings is 2. The summed E-state index contributed by atoms with van der Waals surface area (Å²) in [6.45, 7) is 4.69. The molecule has 0 aliphatic carbocycles. The predicted octanol–water partition coefficient (Wildman–Crippen LogP) is 4.18. The molecule has 25 heavy (non-hydrogen) atoms. The highest BCUT2D eigenvalue weighted by Crippen LogP contribution is 2.25. The van der Waals surface area contributed by atoms with E-state index >= 15 is 0 Å². The zero-order valence-electron chi connectivity index (χ0n) is 14.0. The van der Waals surface area contributed by atoms with Gasteiger partial charge in [0.1, 0.15) is 12.4 Å². The quantitative estimate of drug-likeness (QED) is 0.455. The molecule has 0 saturated heterocycles. The molecule has 0 aromatic heterocycles. The first-order valence-corrected chi connectivity index (χ1v) is 8.21. The molecule has 0 fully saturated rings. The van der Waals surface area contributed by atoms with Crippen LogP contribution in [0.3, 0.4) is 0 Å². The number of carbonyl (C=O) groups is 1. The SMILES string of the molecule is CC(C)c1ccccc1OCCNC(=O)c1cc([N+](=O)[O-])ccc1Cl. The first-order chi connectivity index (χ1) is 11.9. The number of hydrogen-bond donors (Lipinski definition) is 1. The molecule has 0 atom stereocenters. The molecule has 2 aromatic carbocycles. The van der Waals surface area contributed by atoms with Crippen LogP contribution in [-0.4, -0.2) is 24.0 Å². The summed E-state index contributed by atoms with van der Waals surface area (Å²) in [7, 11) is 0. The summed E-state index contributed by atoms with van der Waals surface area (Å²) < 4.78 is 5.72. The van der Waals surface area contributed by atoms with E-state index < -0.39 is 10.8 Å². The fourth-order valence-electron chi connectivity index (χ4n) is 2.31. The molecule has 0 aliphatic rings. The molecular formula is C18H19ClN2O4. The molecule has 0 radical (unpaired) electrons. The summed E-state index contributed by atoms with van der Waals surface area (Å²) in [6, 6.07) is 11.5. The van der Waals surface area contributed by atoms with Gasteiger partial charge in [-0.05, 0) is 23.6 Å². The van der Waals surface area contributed by atoms with Gasteiger partial charge < -0.3 is 10.1 Å². The third-order valence-electron chi connectivity index (χ3n) is 3.59. The lowest BCUT2D eigenvalue weighted by Gasteiger charge is -2.14. The van der Waals surface area contributed by atoms with Gasteiger partial charge in [-0.3, -0.25) is 14.9 Å². The molecule has 0 heterocycles. The van der Waals surface area contributed by atoms with Crippen LogP contribution >= 0.6 is 11.6 Å². The fraction of sp³-hybridized carbons (Fsp3) is 0.278. The minimum Gasteiger partial charge on any atom is -0.491 e. The van der Waals surface area contributed by atoms with Crippen molar-refractivity contribution in [2.45, 2.75) is 19.8 Å². The van der Waals surface area contributed by atoms with Crippen LogP contribution in [0.25, 0.3) is 0 Å². The maximum Gasteiger partial charge on any atom is 0.270 e. The van der Waals surface area contributed by atoms with Gasteiger partial charge in [0.25, 0.3) is 11.6 Å². The second-order valence-corrected chi connectivity index (χ2v) is 6.13. The normalized spacial score (nSPS) is 10.6. The van der Waals surface area contributed by atoms with E-state index in [2.05, 4.69) is 19.2 Å². The molecule has 7 heteroatoms. The van der Waals surface area contributed by atoms with Crippen LogP contribution in [0.1, 0.15) is 35.7 Å². The van der Waals surface area contributed by atoms with Gasteiger partial charge in [0, 0.05) is 12.1 Å². The molecule has 0 unspecified atom stereocenters. The Bertz CT molecular complexity index is 777. The standard InChI is InChI=1S/C18H19ClN2O4/c1-12(2)14-5-3-4-6-17(14)25-10-9-20-18(22)15-11-13(21(23)24)7-8-16(15)19/h3-8,11-12H,9-10H2,1-2H3,(H,20,22). The molecule has 1 N–H and O–H groups in total. The zero-order valence-corrected chi connectivity index (χ0v) is 14.7. The van der Waals surface area contributed by atoms with Crippen LogP contribution < -0.4 is 10.1 Å². The minimum atomic E-state index is -0.570. The Labute approximate surface area is 150 Å². The van der Waals surface area contributed by atoms with Crippen molar-refractivity contribution in [3.05, 3.63) is 68.7 Å². The van der Waals surface area contributed by atoms with Crippen molar-refractivity contribution in [2.75, 3.05) is 13.2 Å². The number of nitrogens with zero attached hydrogens (tertiary/aromatic N) is 1. The van der Waals surface area contributed by atoms with Gasteiger partial charge >= 0.3 is 0 Å². The maximum absolute atomic E-state index is 12.2. The summed E-state index contributed by atoms with van der Waals surface area (Å²) in [4.78, 5) is 22.4. The Morgan fingerprint density at radius 3 is 2.68 bits per heavy atom. The van der Waals surface area contributed by atoms with Crippen molar-refractivity contribution >= 4 is 23.2 Å². The van der Waals surface area contributed by atoms with E-state index in [1.807, 2.05) is 24.3 Å². The number of carbonyl (C=O) groups excluding carboxylic acids is 1. The van der Waals surface area contributed by atoms with Crippen molar-refractivity contribution in [3.63, 3.8) is 0 Å². The Hall–Kier alpha value is -2.60. The third kappa shape index (κ3) is 4.93. The van der Waals surface area contributed by atoms with E-state index in [1.54, 1.807) is 0 Å². The monoisotopic (exact) mass is 362 g/mol. The van der Waals surface area contributed by atoms with E-state index in [9.17, 15) is 14.9 Å². The largest absolute Gasteiger partial charge is 0.491 e. The maximum atomic E-state index is 12.2. The predicted molar refractivity (Wildman–Crippen MR) is 96.5 cm³/mol. The number of nitrogens with one attached hydrogen (secondary N) is 1. The van der Waals surface area contributed by atoms with Gasteiger partial charge in [-0.1, -0.05) is 43.6 Å². The lowest BCUT2D eigenvalue weighted by Crippen LogP contribution is -2.28. The van der Waals surface area contributed by atoms with Crippen molar-refractivity contribution in [3.8, 4) is 5.75 Å². The molecule has 2 rings (SSSR count). The van der Waals surface area contributed by atoms with Crippen molar-refractivity contribution in [2.24, 2.45) is 0 Å². The number of ether oxygens (including phenoxy) is 1. The second-order valence-electron chi connectivity index (χ2n) is 5.72. The topological polar surface area (TPSA) is 81.5 Å². The fourth-order valence-corrected chi connectivity index (χ4v) is 2.51. The van der Waals surface area contributed by atoms with Gasteiger partial charge in [-0.25, -0.2) is 0 Å². The Morgan fingerprint density at radius 1 is 1.28 bits per heavy atom. The highest BCUT2D eigenvalue weighted by atomic mass is 35.5. The molecule has 0 aliphatic heterocycles. The number of halogens is 1. The third-order valence-corrected chi connectivity index (χ3v) is 3.92. The summed E-state index contributed by atoms with van der Waals surface area (Å²) >= 11 is 5.95. The lowest BCUT2D eigenvalue weighted by molar-refractivity contribution is -0.384. The summed E-state index contributed by atoms with van der Waals surface area (Å²) in [6.07, 6.45) is 0.